The van der Waals surface area contributed by atoms with Gasteiger partial charge in [-0.1, -0.05) is 6.58 Å². The van der Waals surface area contributed by atoms with Gasteiger partial charge in [0.25, 0.3) is 0 Å². The fourth-order valence-corrected chi connectivity index (χ4v) is 0.276. The molecule has 0 bridgehead atoms. The molecule has 0 spiro atoms. The predicted octanol–water partition coefficient (Wildman–Crippen LogP) is 1.16. The molecular weight excluding hydrogens is 114 g/mol. The standard InChI is InChI=1S/C6H11N3.H2/c1-4(2)5(3)9-6(7)8;/h1H2,2-3H3,(H3,7,8);1H/b9-5-;. The lowest BCUT2D eigenvalue weighted by molar-refractivity contribution is 1.36. The molecule has 0 radical (unpaired) electrons. The maximum atomic E-state index is 6.77. The van der Waals surface area contributed by atoms with E-state index in [1.807, 2.05) is 6.92 Å². The Balaban J connectivity index is 0. The van der Waals surface area contributed by atoms with Gasteiger partial charge in [0.1, 0.15) is 0 Å². The molecule has 52 valence electrons. The van der Waals surface area contributed by atoms with E-state index in [4.69, 9.17) is 11.1 Å². The quantitative estimate of drug-likeness (QED) is 0.403. The van der Waals surface area contributed by atoms with Crippen molar-refractivity contribution in [2.24, 2.45) is 10.7 Å². The van der Waals surface area contributed by atoms with Crippen molar-refractivity contribution in [2.45, 2.75) is 13.8 Å². The summed E-state index contributed by atoms with van der Waals surface area (Å²) in [5, 5.41) is 6.77. The van der Waals surface area contributed by atoms with Crippen molar-refractivity contribution in [3.05, 3.63) is 12.2 Å². The summed E-state index contributed by atoms with van der Waals surface area (Å²) in [6.07, 6.45) is 0. The van der Waals surface area contributed by atoms with E-state index in [9.17, 15) is 0 Å². The third-order valence-corrected chi connectivity index (χ3v) is 0.906. The maximum absolute atomic E-state index is 6.77. The van der Waals surface area contributed by atoms with Crippen LogP contribution in [0.5, 0.6) is 0 Å². The molecule has 0 fully saturated rings. The normalized spacial score (nSPS) is 11.1. The van der Waals surface area contributed by atoms with Gasteiger partial charge < -0.3 is 5.73 Å². The number of nitrogens with one attached hydrogen (secondary N) is 1. The van der Waals surface area contributed by atoms with Crippen LogP contribution in [0.1, 0.15) is 15.3 Å². The highest BCUT2D eigenvalue weighted by Crippen LogP contribution is 1.90. The Labute approximate surface area is 56.3 Å². The smallest absolute Gasteiger partial charge is 0.212 e. The molecule has 0 aromatic heterocycles. The van der Waals surface area contributed by atoms with Gasteiger partial charge in [-0.15, -0.1) is 0 Å². The molecule has 0 atom stereocenters. The molecule has 3 heteroatoms. The Hall–Kier alpha value is -1.12. The molecule has 3 nitrogen and oxygen atoms in total. The van der Waals surface area contributed by atoms with Gasteiger partial charge in [0, 0.05) is 7.14 Å². The first kappa shape index (κ1) is 7.88. The monoisotopic (exact) mass is 127 g/mol. The van der Waals surface area contributed by atoms with Gasteiger partial charge in [-0.3, -0.25) is 5.41 Å². The van der Waals surface area contributed by atoms with Gasteiger partial charge in [0.15, 0.2) is 0 Å². The first-order valence-electron chi connectivity index (χ1n) is 2.59. The average Bonchev–Trinajstić information content (AvgIpc) is 1.63. The van der Waals surface area contributed by atoms with Crippen molar-refractivity contribution in [1.29, 1.82) is 5.41 Å². The molecule has 0 rings (SSSR count). The Morgan fingerprint density at radius 3 is 2.22 bits per heavy atom. The van der Waals surface area contributed by atoms with Crippen LogP contribution >= 0.6 is 0 Å². The molecule has 0 amide bonds. The van der Waals surface area contributed by atoms with Gasteiger partial charge in [-0.05, 0) is 19.4 Å². The van der Waals surface area contributed by atoms with Crippen LogP contribution in [0.4, 0.5) is 0 Å². The lowest BCUT2D eigenvalue weighted by atomic mass is 10.2. The van der Waals surface area contributed by atoms with Gasteiger partial charge in [0.2, 0.25) is 5.96 Å². The number of nitrogens with two attached hydrogens (primary N) is 1. The number of guanidine groups is 1. The molecule has 0 saturated heterocycles. The first-order chi connectivity index (χ1) is 4.04. The molecule has 0 aromatic rings. The highest BCUT2D eigenvalue weighted by molar-refractivity contribution is 6.03. The number of rotatable bonds is 1. The van der Waals surface area contributed by atoms with Crippen LogP contribution in [0, 0.1) is 5.41 Å². The second-order valence-corrected chi connectivity index (χ2v) is 1.86. The SMILES string of the molecule is C=C(C)/C(C)=N\C(=N)N.[HH]. The summed E-state index contributed by atoms with van der Waals surface area (Å²) in [5.41, 5.74) is 6.53. The molecule has 9 heavy (non-hydrogen) atoms. The van der Waals surface area contributed by atoms with Crippen molar-refractivity contribution >= 4 is 11.7 Å². The zero-order chi connectivity index (χ0) is 7.44. The zero-order valence-corrected chi connectivity index (χ0v) is 5.73. The van der Waals surface area contributed by atoms with Crippen LogP contribution < -0.4 is 5.73 Å². The van der Waals surface area contributed by atoms with Crippen molar-refractivity contribution in [1.82, 2.24) is 0 Å². The Morgan fingerprint density at radius 1 is 1.67 bits per heavy atom. The third-order valence-electron chi connectivity index (χ3n) is 0.906. The van der Waals surface area contributed by atoms with Crippen LogP contribution in [0.25, 0.3) is 0 Å². The second-order valence-electron chi connectivity index (χ2n) is 1.86. The number of allylic oxidation sites excluding steroid dienone is 1. The largest absolute Gasteiger partial charge is 0.368 e. The fourth-order valence-electron chi connectivity index (χ4n) is 0.276. The summed E-state index contributed by atoms with van der Waals surface area (Å²) in [5.74, 6) is -0.171. The van der Waals surface area contributed by atoms with Gasteiger partial charge in [-0.2, -0.15) is 0 Å². The van der Waals surface area contributed by atoms with Gasteiger partial charge in [0.05, 0.1) is 0 Å². The van der Waals surface area contributed by atoms with Gasteiger partial charge >= 0.3 is 0 Å². The molecule has 0 unspecified atom stereocenters. The minimum Gasteiger partial charge on any atom is -0.368 e. The Bertz CT molecular complexity index is 172. The molecule has 0 aliphatic carbocycles. The minimum atomic E-state index is -0.171. The average molecular weight is 127 g/mol. The minimum absolute atomic E-state index is 0. The van der Waals surface area contributed by atoms with E-state index < -0.39 is 0 Å². The summed E-state index contributed by atoms with van der Waals surface area (Å²) < 4.78 is 0. The van der Waals surface area contributed by atoms with E-state index in [1.165, 1.54) is 0 Å². The highest BCUT2D eigenvalue weighted by Gasteiger charge is 1.89. The lowest BCUT2D eigenvalue weighted by Crippen LogP contribution is -2.08. The Morgan fingerprint density at radius 2 is 2.11 bits per heavy atom. The first-order valence-corrected chi connectivity index (χ1v) is 2.59. The molecule has 0 heterocycles. The summed E-state index contributed by atoms with van der Waals surface area (Å²) in [7, 11) is 0. The summed E-state index contributed by atoms with van der Waals surface area (Å²) >= 11 is 0. The lowest BCUT2D eigenvalue weighted by Gasteiger charge is -1.94. The van der Waals surface area contributed by atoms with Crippen molar-refractivity contribution in [2.75, 3.05) is 0 Å². The molecule has 0 saturated carbocycles. The molecule has 0 aliphatic heterocycles. The number of aliphatic imine (C=N–C) groups is 1. The van der Waals surface area contributed by atoms with Crippen LogP contribution in [0.15, 0.2) is 17.1 Å². The van der Waals surface area contributed by atoms with E-state index in [2.05, 4.69) is 11.6 Å². The molecule has 0 aromatic carbocycles. The third kappa shape index (κ3) is 3.46. The van der Waals surface area contributed by atoms with E-state index >= 15 is 0 Å². The Kier molecular flexibility index (Phi) is 2.64. The number of hydrogen-bond donors (Lipinski definition) is 2. The van der Waals surface area contributed by atoms with Crippen LogP contribution in [-0.4, -0.2) is 11.7 Å². The van der Waals surface area contributed by atoms with Crippen molar-refractivity contribution in [3.63, 3.8) is 0 Å². The van der Waals surface area contributed by atoms with Crippen molar-refractivity contribution < 1.29 is 1.43 Å². The molecule has 0 aliphatic rings. The highest BCUT2D eigenvalue weighted by atomic mass is 15.0. The maximum Gasteiger partial charge on any atom is 0.212 e. The van der Waals surface area contributed by atoms with E-state index in [-0.39, 0.29) is 7.39 Å². The molecule has 3 N–H and O–H groups in total. The summed E-state index contributed by atoms with van der Waals surface area (Å²) in [6, 6.07) is 0. The van der Waals surface area contributed by atoms with E-state index in [1.54, 1.807) is 6.92 Å². The number of nitrogens with zero attached hydrogens (tertiary/aromatic N) is 1. The number of hydrogen-bond acceptors (Lipinski definition) is 1. The van der Waals surface area contributed by atoms with Crippen LogP contribution in [0.2, 0.25) is 0 Å². The summed E-state index contributed by atoms with van der Waals surface area (Å²) in [4.78, 5) is 3.66. The van der Waals surface area contributed by atoms with Gasteiger partial charge in [-0.25, -0.2) is 4.99 Å². The van der Waals surface area contributed by atoms with E-state index in [0.29, 0.717) is 5.71 Å². The van der Waals surface area contributed by atoms with Crippen LogP contribution in [-0.2, 0) is 0 Å². The van der Waals surface area contributed by atoms with Crippen LogP contribution in [0.3, 0.4) is 0 Å². The fraction of sp³-hybridized carbons (Fsp3) is 0.333. The van der Waals surface area contributed by atoms with E-state index in [0.717, 1.165) is 5.57 Å². The van der Waals surface area contributed by atoms with Crippen molar-refractivity contribution in [3.8, 4) is 0 Å². The predicted molar refractivity (Wildman–Crippen MR) is 42.0 cm³/mol. The molecular formula is C6H13N3. The second kappa shape index (κ2) is 3.02. The zero-order valence-electron chi connectivity index (χ0n) is 5.73. The summed E-state index contributed by atoms with van der Waals surface area (Å²) in [6.45, 7) is 7.21. The topological polar surface area (TPSA) is 62.2 Å².